The first-order valence-electron chi connectivity index (χ1n) is 6.96. The molecule has 2 aliphatic rings. The highest BCUT2D eigenvalue weighted by atomic mass is 32.2. The Balaban J connectivity index is 1.82. The van der Waals surface area contributed by atoms with Crippen molar-refractivity contribution in [1.29, 1.82) is 0 Å². The number of aryl methyl sites for hydroxylation is 1. The molecule has 2 unspecified atom stereocenters. The highest BCUT2D eigenvalue weighted by Crippen LogP contribution is 2.30. The second-order valence-corrected chi connectivity index (χ2v) is 7.58. The molecule has 0 saturated carbocycles. The van der Waals surface area contributed by atoms with Crippen LogP contribution in [0, 0.1) is 5.92 Å². The normalized spacial score (nSPS) is 27.2. The van der Waals surface area contributed by atoms with Crippen LogP contribution in [-0.4, -0.2) is 47.5 Å². The van der Waals surface area contributed by atoms with Crippen molar-refractivity contribution < 1.29 is 13.2 Å². The van der Waals surface area contributed by atoms with E-state index in [2.05, 4.69) is 10.4 Å². The fraction of sp³-hybridized carbons (Fsp3) is 0.667. The molecular weight excluding hydrogens is 294 g/mol. The molecule has 1 amide bonds. The Labute approximate surface area is 123 Å². The van der Waals surface area contributed by atoms with Crippen molar-refractivity contribution in [3.8, 4) is 0 Å². The van der Waals surface area contributed by atoms with E-state index in [0.29, 0.717) is 25.9 Å². The van der Waals surface area contributed by atoms with Crippen molar-refractivity contribution in [2.24, 2.45) is 13.0 Å². The van der Waals surface area contributed by atoms with Gasteiger partial charge in [0.05, 0.1) is 0 Å². The average molecular weight is 313 g/mol. The van der Waals surface area contributed by atoms with E-state index in [-0.39, 0.29) is 28.6 Å². The predicted octanol–water partition coefficient (Wildman–Crippen LogP) is -0.708. The quantitative estimate of drug-likeness (QED) is 0.749. The lowest BCUT2D eigenvalue weighted by molar-refractivity contribution is -0.124. The zero-order valence-corrected chi connectivity index (χ0v) is 12.6. The molecule has 3 N–H and O–H groups in total. The second-order valence-electron chi connectivity index (χ2n) is 5.68. The minimum atomic E-state index is -3.62. The minimum absolute atomic E-state index is 0.0246. The van der Waals surface area contributed by atoms with Gasteiger partial charge in [-0.05, 0) is 18.8 Å². The zero-order valence-electron chi connectivity index (χ0n) is 11.8. The summed E-state index contributed by atoms with van der Waals surface area (Å²) in [6.45, 7) is 0.805. The summed E-state index contributed by atoms with van der Waals surface area (Å²) in [5, 5.41) is 6.84. The van der Waals surface area contributed by atoms with E-state index in [1.807, 2.05) is 0 Å². The highest BCUT2D eigenvalue weighted by molar-refractivity contribution is 7.89. The van der Waals surface area contributed by atoms with E-state index in [4.69, 9.17) is 5.73 Å². The lowest BCUT2D eigenvalue weighted by Gasteiger charge is -2.40. The van der Waals surface area contributed by atoms with Crippen LogP contribution in [0.2, 0.25) is 0 Å². The number of carbonyl (C=O) groups is 1. The van der Waals surface area contributed by atoms with Crippen LogP contribution >= 0.6 is 0 Å². The second kappa shape index (κ2) is 4.99. The molecule has 2 fully saturated rings. The van der Waals surface area contributed by atoms with Crippen LogP contribution in [0.25, 0.3) is 0 Å². The van der Waals surface area contributed by atoms with Gasteiger partial charge in [0.1, 0.15) is 4.90 Å². The van der Waals surface area contributed by atoms with Gasteiger partial charge in [0.25, 0.3) is 0 Å². The van der Waals surface area contributed by atoms with Gasteiger partial charge >= 0.3 is 0 Å². The number of fused-ring (bicyclic) bond motifs is 1. The predicted molar refractivity (Wildman–Crippen MR) is 75.7 cm³/mol. The summed E-state index contributed by atoms with van der Waals surface area (Å²) in [4.78, 5) is 11.5. The summed E-state index contributed by atoms with van der Waals surface area (Å²) in [5.74, 6) is 0.254. The summed E-state index contributed by atoms with van der Waals surface area (Å²) < 4.78 is 28.2. The molecule has 0 radical (unpaired) electrons. The van der Waals surface area contributed by atoms with E-state index < -0.39 is 10.0 Å². The van der Waals surface area contributed by atoms with E-state index in [0.717, 1.165) is 6.42 Å². The highest BCUT2D eigenvalue weighted by Gasteiger charge is 2.39. The van der Waals surface area contributed by atoms with Gasteiger partial charge in [-0.3, -0.25) is 9.48 Å². The van der Waals surface area contributed by atoms with Crippen molar-refractivity contribution in [2.75, 3.05) is 18.8 Å². The maximum Gasteiger partial charge on any atom is 0.248 e. The topological polar surface area (TPSA) is 110 Å². The molecule has 0 aliphatic carbocycles. The van der Waals surface area contributed by atoms with E-state index >= 15 is 0 Å². The van der Waals surface area contributed by atoms with Gasteiger partial charge in [-0.25, -0.2) is 8.42 Å². The molecule has 1 aromatic rings. The molecule has 0 aromatic carbocycles. The van der Waals surface area contributed by atoms with Crippen LogP contribution in [0.15, 0.2) is 11.1 Å². The van der Waals surface area contributed by atoms with Crippen molar-refractivity contribution in [2.45, 2.75) is 30.2 Å². The van der Waals surface area contributed by atoms with Gasteiger partial charge in [0, 0.05) is 38.8 Å². The number of amides is 1. The van der Waals surface area contributed by atoms with Crippen molar-refractivity contribution in [1.82, 2.24) is 19.4 Å². The Bertz CT molecular complexity index is 668. The SMILES string of the molecule is Cn1cc(S(=O)(=O)N2CCC3NC(=O)CCC3C2)c(N)n1. The van der Waals surface area contributed by atoms with E-state index in [1.165, 1.54) is 15.2 Å². The van der Waals surface area contributed by atoms with Crippen LogP contribution in [0.5, 0.6) is 0 Å². The number of nitrogens with two attached hydrogens (primary N) is 1. The minimum Gasteiger partial charge on any atom is -0.381 e. The van der Waals surface area contributed by atoms with Crippen molar-refractivity contribution >= 4 is 21.7 Å². The van der Waals surface area contributed by atoms with Crippen molar-refractivity contribution in [3.63, 3.8) is 0 Å². The van der Waals surface area contributed by atoms with Crippen LogP contribution in [0.3, 0.4) is 0 Å². The molecule has 3 rings (SSSR count). The maximum absolute atomic E-state index is 12.7. The Kier molecular flexibility index (Phi) is 3.40. The summed E-state index contributed by atoms with van der Waals surface area (Å²) in [6, 6.07) is 0.0870. The molecule has 3 heterocycles. The van der Waals surface area contributed by atoms with Gasteiger partial charge in [-0.1, -0.05) is 0 Å². The third-order valence-electron chi connectivity index (χ3n) is 4.23. The molecule has 9 heteroatoms. The Morgan fingerprint density at radius 3 is 2.86 bits per heavy atom. The smallest absolute Gasteiger partial charge is 0.248 e. The maximum atomic E-state index is 12.7. The Hall–Kier alpha value is -1.61. The third kappa shape index (κ3) is 2.51. The van der Waals surface area contributed by atoms with Gasteiger partial charge in [-0.15, -0.1) is 0 Å². The summed E-state index contributed by atoms with van der Waals surface area (Å²) in [7, 11) is -1.99. The molecule has 21 heavy (non-hydrogen) atoms. The molecule has 8 nitrogen and oxygen atoms in total. The number of hydrogen-bond donors (Lipinski definition) is 2. The van der Waals surface area contributed by atoms with Gasteiger partial charge in [-0.2, -0.15) is 9.40 Å². The molecule has 2 atom stereocenters. The number of sulfonamides is 1. The molecule has 2 saturated heterocycles. The van der Waals surface area contributed by atoms with Crippen molar-refractivity contribution in [3.05, 3.63) is 6.20 Å². The molecule has 116 valence electrons. The first-order chi connectivity index (χ1) is 9.88. The monoisotopic (exact) mass is 313 g/mol. The molecule has 2 aliphatic heterocycles. The lowest BCUT2D eigenvalue weighted by Crippen LogP contribution is -2.55. The van der Waals surface area contributed by atoms with Crippen LogP contribution < -0.4 is 11.1 Å². The fourth-order valence-electron chi connectivity index (χ4n) is 3.12. The Morgan fingerprint density at radius 2 is 2.19 bits per heavy atom. The number of carbonyl (C=O) groups excluding carboxylic acids is 1. The molecule has 0 spiro atoms. The third-order valence-corrected chi connectivity index (χ3v) is 6.11. The zero-order chi connectivity index (χ0) is 15.2. The molecule has 1 aromatic heterocycles. The fourth-order valence-corrected chi connectivity index (χ4v) is 4.72. The summed E-state index contributed by atoms with van der Waals surface area (Å²) in [5.41, 5.74) is 5.69. The first kappa shape index (κ1) is 14.3. The number of nitrogen functional groups attached to an aromatic ring is 1. The summed E-state index contributed by atoms with van der Waals surface area (Å²) in [6.07, 6.45) is 3.25. The average Bonchev–Trinajstić information content (AvgIpc) is 2.77. The number of piperidine rings is 2. The number of aromatic nitrogens is 2. The van der Waals surface area contributed by atoms with Crippen LogP contribution in [-0.2, 0) is 21.9 Å². The van der Waals surface area contributed by atoms with Crippen LogP contribution in [0.1, 0.15) is 19.3 Å². The summed E-state index contributed by atoms with van der Waals surface area (Å²) >= 11 is 0. The van der Waals surface area contributed by atoms with E-state index in [9.17, 15) is 13.2 Å². The van der Waals surface area contributed by atoms with Gasteiger partial charge in [0.15, 0.2) is 5.82 Å². The number of nitrogens with one attached hydrogen (secondary N) is 1. The number of anilines is 1. The lowest BCUT2D eigenvalue weighted by atomic mass is 9.86. The number of nitrogens with zero attached hydrogens (tertiary/aromatic N) is 3. The van der Waals surface area contributed by atoms with Gasteiger partial charge in [0.2, 0.25) is 15.9 Å². The Morgan fingerprint density at radius 1 is 1.43 bits per heavy atom. The van der Waals surface area contributed by atoms with Crippen LogP contribution in [0.4, 0.5) is 5.82 Å². The molecular formula is C12H19N5O3S. The van der Waals surface area contributed by atoms with Gasteiger partial charge < -0.3 is 11.1 Å². The number of rotatable bonds is 2. The largest absolute Gasteiger partial charge is 0.381 e. The standard InChI is InChI=1S/C12H19N5O3S/c1-16-7-10(12(13)15-16)21(19,20)17-5-4-9-8(6-17)2-3-11(18)14-9/h7-9H,2-6H2,1H3,(H2,13,15)(H,14,18). The van der Waals surface area contributed by atoms with E-state index in [1.54, 1.807) is 7.05 Å². The molecule has 0 bridgehead atoms. The first-order valence-corrected chi connectivity index (χ1v) is 8.40. The number of hydrogen-bond acceptors (Lipinski definition) is 5.